The number of pyridine rings is 1. The molecule has 0 saturated carbocycles. The van der Waals surface area contributed by atoms with Crippen LogP contribution in [0, 0.1) is 11.6 Å². The third-order valence-electron chi connectivity index (χ3n) is 5.42. The van der Waals surface area contributed by atoms with Crippen molar-refractivity contribution in [3.8, 4) is 11.1 Å². The number of hydrogen-bond acceptors (Lipinski definition) is 3. The zero-order valence-corrected chi connectivity index (χ0v) is 18.2. The molecule has 0 fully saturated rings. The van der Waals surface area contributed by atoms with Gasteiger partial charge in [-0.15, -0.1) is 0 Å². The smallest absolute Gasteiger partial charge is 0.323 e. The van der Waals surface area contributed by atoms with E-state index in [1.165, 1.54) is 30.3 Å². The second-order valence-electron chi connectivity index (χ2n) is 7.83. The van der Waals surface area contributed by atoms with Crippen LogP contribution in [0.5, 0.6) is 0 Å². The van der Waals surface area contributed by atoms with Crippen LogP contribution in [0.2, 0.25) is 0 Å². The van der Waals surface area contributed by atoms with E-state index >= 15 is 0 Å². The Bertz CT molecular complexity index is 1560. The van der Waals surface area contributed by atoms with Crippen molar-refractivity contribution in [2.24, 2.45) is 0 Å². The summed E-state index contributed by atoms with van der Waals surface area (Å²) in [6, 6.07) is 19.3. The van der Waals surface area contributed by atoms with Gasteiger partial charge in [-0.3, -0.25) is 4.79 Å². The first-order valence-electron chi connectivity index (χ1n) is 10.7. The zero-order valence-electron chi connectivity index (χ0n) is 18.2. The van der Waals surface area contributed by atoms with Gasteiger partial charge in [0.25, 0.3) is 0 Å². The average Bonchev–Trinajstić information content (AvgIpc) is 3.27. The van der Waals surface area contributed by atoms with Crippen LogP contribution in [0.1, 0.15) is 15.9 Å². The first kappa shape index (κ1) is 22.0. The van der Waals surface area contributed by atoms with Gasteiger partial charge in [0.1, 0.15) is 17.3 Å². The van der Waals surface area contributed by atoms with E-state index in [0.717, 1.165) is 11.1 Å². The van der Waals surface area contributed by atoms with Gasteiger partial charge in [-0.05, 0) is 54.1 Å². The lowest BCUT2D eigenvalue weighted by Gasteiger charge is -2.09. The molecule has 0 spiro atoms. The molecule has 8 heteroatoms. The van der Waals surface area contributed by atoms with Crippen LogP contribution in [0.3, 0.4) is 0 Å². The molecule has 172 valence electrons. The van der Waals surface area contributed by atoms with E-state index in [0.29, 0.717) is 33.5 Å². The number of nitrogens with zero attached hydrogens (tertiary/aromatic N) is 1. The number of aromatic nitrogens is 2. The number of carbonyl (C=O) groups is 2. The highest BCUT2D eigenvalue weighted by molar-refractivity contribution is 6.16. The van der Waals surface area contributed by atoms with E-state index < -0.39 is 11.8 Å². The number of anilines is 2. The fourth-order valence-corrected chi connectivity index (χ4v) is 3.74. The van der Waals surface area contributed by atoms with E-state index in [9.17, 15) is 18.4 Å². The molecular formula is C27H18F2N4O2. The number of H-pyrrole nitrogens is 1. The van der Waals surface area contributed by atoms with Crippen LogP contribution in [-0.4, -0.2) is 21.8 Å². The van der Waals surface area contributed by atoms with E-state index in [1.54, 1.807) is 54.9 Å². The zero-order chi connectivity index (χ0) is 24.4. The van der Waals surface area contributed by atoms with E-state index in [4.69, 9.17) is 0 Å². The van der Waals surface area contributed by atoms with Crippen molar-refractivity contribution in [3.63, 3.8) is 0 Å². The summed E-state index contributed by atoms with van der Waals surface area (Å²) in [6.45, 7) is 0. The second kappa shape index (κ2) is 9.18. The first-order valence-corrected chi connectivity index (χ1v) is 10.7. The highest BCUT2D eigenvalue weighted by Gasteiger charge is 2.17. The number of amides is 2. The fourth-order valence-electron chi connectivity index (χ4n) is 3.74. The number of ketones is 1. The number of benzene rings is 3. The van der Waals surface area contributed by atoms with E-state index in [2.05, 4.69) is 20.6 Å². The second-order valence-corrected chi connectivity index (χ2v) is 7.83. The predicted octanol–water partition coefficient (Wildman–Crippen LogP) is 6.38. The molecule has 3 aromatic carbocycles. The minimum Gasteiger partial charge on any atom is -0.345 e. The molecule has 0 atom stereocenters. The molecule has 2 heterocycles. The molecule has 35 heavy (non-hydrogen) atoms. The van der Waals surface area contributed by atoms with Crippen LogP contribution < -0.4 is 10.6 Å². The van der Waals surface area contributed by atoms with E-state index in [-0.39, 0.29) is 11.6 Å². The maximum Gasteiger partial charge on any atom is 0.323 e. The topological polar surface area (TPSA) is 86.9 Å². The van der Waals surface area contributed by atoms with Crippen LogP contribution in [0.15, 0.2) is 91.3 Å². The van der Waals surface area contributed by atoms with Crippen molar-refractivity contribution in [1.82, 2.24) is 9.97 Å². The van der Waals surface area contributed by atoms with Gasteiger partial charge in [0.05, 0.1) is 0 Å². The molecule has 0 aliphatic carbocycles. The highest BCUT2D eigenvalue weighted by atomic mass is 19.1. The largest absolute Gasteiger partial charge is 0.345 e. The van der Waals surface area contributed by atoms with Crippen molar-refractivity contribution in [2.45, 2.75) is 0 Å². The van der Waals surface area contributed by atoms with Crippen LogP contribution >= 0.6 is 0 Å². The molecule has 0 aliphatic heterocycles. The van der Waals surface area contributed by atoms with E-state index in [1.807, 2.05) is 6.07 Å². The summed E-state index contributed by atoms with van der Waals surface area (Å²) in [5.41, 5.74) is 3.54. The minimum atomic E-state index is -0.569. The summed E-state index contributed by atoms with van der Waals surface area (Å²) in [6.07, 6.45) is 3.24. The Morgan fingerprint density at radius 2 is 1.49 bits per heavy atom. The average molecular weight is 468 g/mol. The number of urea groups is 1. The maximum atomic E-state index is 13.3. The van der Waals surface area contributed by atoms with Gasteiger partial charge >= 0.3 is 6.03 Å². The molecule has 0 radical (unpaired) electrons. The summed E-state index contributed by atoms with van der Waals surface area (Å²) in [7, 11) is 0. The summed E-state index contributed by atoms with van der Waals surface area (Å²) in [5, 5.41) is 5.82. The monoisotopic (exact) mass is 468 g/mol. The predicted molar refractivity (Wildman–Crippen MR) is 130 cm³/mol. The lowest BCUT2D eigenvalue weighted by molar-refractivity contribution is 0.104. The lowest BCUT2D eigenvalue weighted by atomic mass is 10.0. The van der Waals surface area contributed by atoms with Crippen LogP contribution in [0.4, 0.5) is 25.0 Å². The number of nitrogens with one attached hydrogen (secondary N) is 3. The number of carbonyl (C=O) groups excluding carboxylic acids is 2. The van der Waals surface area contributed by atoms with Crippen molar-refractivity contribution < 1.29 is 18.4 Å². The van der Waals surface area contributed by atoms with Crippen molar-refractivity contribution >= 4 is 34.2 Å². The van der Waals surface area contributed by atoms with Gasteiger partial charge in [0.15, 0.2) is 5.78 Å². The Hall–Kier alpha value is -4.85. The van der Waals surface area contributed by atoms with Gasteiger partial charge in [0.2, 0.25) is 0 Å². The summed E-state index contributed by atoms with van der Waals surface area (Å²) >= 11 is 0. The summed E-state index contributed by atoms with van der Waals surface area (Å²) in [5.74, 6) is -1.06. The molecule has 0 bridgehead atoms. The SMILES string of the molecule is O=C(Nc1cccc(F)c1)Nc1cccc(C(=O)c2c[nH]c3ncc(-c4ccc(F)cc4)cc23)c1. The van der Waals surface area contributed by atoms with Gasteiger partial charge in [-0.1, -0.05) is 30.3 Å². The number of fused-ring (bicyclic) bond motifs is 1. The third-order valence-corrected chi connectivity index (χ3v) is 5.42. The van der Waals surface area contributed by atoms with Gasteiger partial charge < -0.3 is 15.6 Å². The molecule has 0 saturated heterocycles. The third kappa shape index (κ3) is 4.77. The van der Waals surface area contributed by atoms with Gasteiger partial charge in [-0.25, -0.2) is 18.6 Å². The van der Waals surface area contributed by atoms with Crippen molar-refractivity contribution in [1.29, 1.82) is 0 Å². The molecule has 5 rings (SSSR count). The van der Waals surface area contributed by atoms with Gasteiger partial charge in [0, 0.05) is 45.8 Å². The summed E-state index contributed by atoms with van der Waals surface area (Å²) < 4.78 is 26.6. The Balaban J connectivity index is 1.39. The molecule has 5 aromatic rings. The molecular weight excluding hydrogens is 450 g/mol. The molecule has 0 aliphatic rings. The van der Waals surface area contributed by atoms with Crippen molar-refractivity contribution in [3.05, 3.63) is 114 Å². The molecule has 2 amide bonds. The highest BCUT2D eigenvalue weighted by Crippen LogP contribution is 2.27. The minimum absolute atomic E-state index is 0.261. The maximum absolute atomic E-state index is 13.3. The fraction of sp³-hybridized carbons (Fsp3) is 0. The number of aromatic amines is 1. The number of rotatable bonds is 5. The quantitative estimate of drug-likeness (QED) is 0.262. The van der Waals surface area contributed by atoms with Gasteiger partial charge in [-0.2, -0.15) is 0 Å². The molecule has 6 nitrogen and oxygen atoms in total. The Labute approximate surface area is 198 Å². The summed E-state index contributed by atoms with van der Waals surface area (Å²) in [4.78, 5) is 33.0. The standard InChI is InChI=1S/C27H18F2N4O2/c28-19-9-7-16(8-10-19)18-12-23-24(15-31-26(23)30-14-18)25(34)17-3-1-5-21(11-17)32-27(35)33-22-6-2-4-20(29)13-22/h1-15H,(H,30,31)(H2,32,33,35). The molecule has 3 N–H and O–H groups in total. The molecule has 0 unspecified atom stereocenters. The van der Waals surface area contributed by atoms with Crippen LogP contribution in [-0.2, 0) is 0 Å². The Kier molecular flexibility index (Phi) is 5.76. The molecule has 2 aromatic heterocycles. The normalized spacial score (nSPS) is 10.8. The van der Waals surface area contributed by atoms with Crippen molar-refractivity contribution in [2.75, 3.05) is 10.6 Å². The lowest BCUT2D eigenvalue weighted by Crippen LogP contribution is -2.19. The number of hydrogen-bond donors (Lipinski definition) is 3. The Morgan fingerprint density at radius 1 is 0.771 bits per heavy atom. The Morgan fingerprint density at radius 3 is 2.23 bits per heavy atom. The van der Waals surface area contributed by atoms with Crippen LogP contribution in [0.25, 0.3) is 22.2 Å². The number of halogens is 2. The first-order chi connectivity index (χ1) is 17.0.